The molecule has 3 heterocycles. The van der Waals surface area contributed by atoms with Gasteiger partial charge < -0.3 is 20.7 Å². The van der Waals surface area contributed by atoms with Crippen LogP contribution in [-0.4, -0.2) is 96.7 Å². The molecule has 2 fully saturated rings. The van der Waals surface area contributed by atoms with Crippen LogP contribution in [0, 0.1) is 6.92 Å². The lowest BCUT2D eigenvalue weighted by molar-refractivity contribution is -0.130. The number of likely N-dealkylation sites (tertiary alicyclic amines) is 1. The Labute approximate surface area is 215 Å². The molecule has 10 nitrogen and oxygen atoms in total. The van der Waals surface area contributed by atoms with Crippen LogP contribution in [0.25, 0.3) is 0 Å². The van der Waals surface area contributed by atoms with Gasteiger partial charge in [0.05, 0.1) is 38.0 Å². The topological polar surface area (TPSA) is 113 Å². The summed E-state index contributed by atoms with van der Waals surface area (Å²) in [7, 11) is 0. The first-order valence-electron chi connectivity index (χ1n) is 12.7. The van der Waals surface area contributed by atoms with Crippen LogP contribution in [0.5, 0.6) is 0 Å². The average Bonchev–Trinajstić information content (AvgIpc) is 3.09. The highest BCUT2D eigenvalue weighted by Gasteiger charge is 2.36. The Morgan fingerprint density at radius 1 is 1.19 bits per heavy atom. The van der Waals surface area contributed by atoms with Crippen LogP contribution in [0.1, 0.15) is 37.8 Å². The molecule has 2 aliphatic heterocycles. The Balaban J connectivity index is 1.65. The third-order valence-corrected chi connectivity index (χ3v) is 6.33. The van der Waals surface area contributed by atoms with E-state index in [2.05, 4.69) is 25.3 Å². The second kappa shape index (κ2) is 14.1. The van der Waals surface area contributed by atoms with Gasteiger partial charge >= 0.3 is 6.18 Å². The van der Waals surface area contributed by atoms with Crippen molar-refractivity contribution in [3.63, 3.8) is 0 Å². The first kappa shape index (κ1) is 28.6. The normalized spacial score (nSPS) is 19.0. The largest absolute Gasteiger partial charge is 0.421 e. The van der Waals surface area contributed by atoms with Crippen molar-refractivity contribution < 1.29 is 22.7 Å². The summed E-state index contributed by atoms with van der Waals surface area (Å²) < 4.78 is 48.8. The summed E-state index contributed by atoms with van der Waals surface area (Å²) in [5, 5.41) is 7.11. The number of nitrogens with two attached hydrogens (primary N) is 1. The van der Waals surface area contributed by atoms with E-state index in [1.165, 1.54) is 0 Å². The smallest absolute Gasteiger partial charge is 0.390 e. The number of alkyl halides is 3. The molecule has 0 spiro atoms. The summed E-state index contributed by atoms with van der Waals surface area (Å²) in [5.41, 5.74) is 5.17. The zero-order valence-electron chi connectivity index (χ0n) is 21.3. The molecule has 37 heavy (non-hydrogen) atoms. The molecule has 0 saturated carbocycles. The summed E-state index contributed by atoms with van der Waals surface area (Å²) in [6.07, 6.45) is 2.34. The fourth-order valence-corrected chi connectivity index (χ4v) is 4.26. The van der Waals surface area contributed by atoms with E-state index < -0.39 is 17.6 Å². The lowest BCUT2D eigenvalue weighted by Crippen LogP contribution is -2.38. The molecule has 2 saturated heterocycles. The molecule has 0 aromatic carbocycles. The predicted octanol–water partition coefficient (Wildman–Crippen LogP) is 2.37. The summed E-state index contributed by atoms with van der Waals surface area (Å²) in [4.78, 5) is 24.0. The number of nitrogens with one attached hydrogen (secondary N) is 1. The molecule has 0 aliphatic carbocycles. The Bertz CT molecular complexity index is 968. The van der Waals surface area contributed by atoms with Gasteiger partial charge in [-0.2, -0.15) is 18.3 Å². The number of aryl methyl sites for hydroxylation is 1. The van der Waals surface area contributed by atoms with E-state index in [9.17, 15) is 18.0 Å². The van der Waals surface area contributed by atoms with Crippen molar-refractivity contribution in [3.8, 4) is 0 Å². The number of hydrogen-bond acceptors (Lipinski definition) is 7. The summed E-state index contributed by atoms with van der Waals surface area (Å²) in [6, 6.07) is 0. The minimum absolute atomic E-state index is 0.0946. The highest BCUT2D eigenvalue weighted by atomic mass is 19.4. The number of amides is 1. The Kier molecular flexibility index (Phi) is 10.9. The van der Waals surface area contributed by atoms with Gasteiger partial charge in [0.25, 0.3) is 0 Å². The maximum absolute atomic E-state index is 13.9. The van der Waals surface area contributed by atoms with Crippen molar-refractivity contribution in [2.45, 2.75) is 51.7 Å². The van der Waals surface area contributed by atoms with E-state index in [0.29, 0.717) is 57.1 Å². The molecule has 13 heteroatoms. The number of carbonyl (C=O) groups excluding carboxylic acids is 1. The van der Waals surface area contributed by atoms with E-state index in [1.54, 1.807) is 22.7 Å². The zero-order chi connectivity index (χ0) is 26.7. The van der Waals surface area contributed by atoms with Crippen LogP contribution in [0.4, 0.5) is 18.9 Å². The van der Waals surface area contributed by atoms with E-state index >= 15 is 0 Å². The molecule has 2 aliphatic rings. The highest BCUT2D eigenvalue weighted by molar-refractivity contribution is 5.84. The van der Waals surface area contributed by atoms with Crippen molar-refractivity contribution >= 4 is 24.1 Å². The summed E-state index contributed by atoms with van der Waals surface area (Å²) in [6.45, 7) is 7.50. The number of rotatable bonds is 11. The van der Waals surface area contributed by atoms with Gasteiger partial charge in [-0.25, -0.2) is 4.99 Å². The number of allylic oxidation sites excluding steroid dienone is 1. The van der Waals surface area contributed by atoms with Crippen LogP contribution in [0.2, 0.25) is 0 Å². The van der Waals surface area contributed by atoms with E-state index in [0.717, 1.165) is 51.4 Å². The predicted molar refractivity (Wildman–Crippen MR) is 136 cm³/mol. The summed E-state index contributed by atoms with van der Waals surface area (Å²) in [5.74, 6) is -0.324. The highest BCUT2D eigenvalue weighted by Crippen LogP contribution is 2.28. The van der Waals surface area contributed by atoms with Crippen LogP contribution < -0.4 is 11.1 Å². The third kappa shape index (κ3) is 9.15. The van der Waals surface area contributed by atoms with Crippen molar-refractivity contribution in [2.75, 3.05) is 52.5 Å². The SMILES string of the molecule is Cc1nn(CCN2CCOCC2)cc1\N=C/C(=C(\N=C\N)NCCCN1CCCCCC1=O)C(F)(F)F. The lowest BCUT2D eigenvalue weighted by Gasteiger charge is -2.26. The minimum Gasteiger partial charge on any atom is -0.390 e. The van der Waals surface area contributed by atoms with E-state index in [-0.39, 0.29) is 12.5 Å². The lowest BCUT2D eigenvalue weighted by atomic mass is 10.2. The van der Waals surface area contributed by atoms with Crippen molar-refractivity contribution in [1.29, 1.82) is 0 Å². The minimum atomic E-state index is -4.71. The van der Waals surface area contributed by atoms with Gasteiger partial charge in [0.1, 0.15) is 17.1 Å². The molecule has 206 valence electrons. The second-order valence-electron chi connectivity index (χ2n) is 9.09. The number of aromatic nitrogens is 2. The molecule has 3 rings (SSSR count). The second-order valence-corrected chi connectivity index (χ2v) is 9.09. The molecule has 0 bridgehead atoms. The van der Waals surface area contributed by atoms with Gasteiger partial charge in [-0.3, -0.25) is 19.4 Å². The Morgan fingerprint density at radius 3 is 2.70 bits per heavy atom. The number of aliphatic imine (C=N–C) groups is 2. The van der Waals surface area contributed by atoms with Crippen molar-refractivity contribution in [3.05, 3.63) is 23.3 Å². The zero-order valence-corrected chi connectivity index (χ0v) is 21.3. The maximum Gasteiger partial charge on any atom is 0.421 e. The number of halogens is 3. The molecule has 1 amide bonds. The van der Waals surface area contributed by atoms with E-state index in [4.69, 9.17) is 10.5 Å². The fourth-order valence-electron chi connectivity index (χ4n) is 4.26. The van der Waals surface area contributed by atoms with E-state index in [1.807, 2.05) is 0 Å². The first-order valence-corrected chi connectivity index (χ1v) is 12.7. The molecule has 1 aromatic rings. The molecule has 1 aromatic heterocycles. The molecular formula is C24H37F3N8O2. The molecular weight excluding hydrogens is 489 g/mol. The van der Waals surface area contributed by atoms with Gasteiger partial charge in [-0.15, -0.1) is 0 Å². The number of ether oxygens (including phenoxy) is 1. The molecule has 0 unspecified atom stereocenters. The summed E-state index contributed by atoms with van der Waals surface area (Å²) >= 11 is 0. The maximum atomic E-state index is 13.9. The van der Waals surface area contributed by atoms with Gasteiger partial charge in [0.15, 0.2) is 0 Å². The monoisotopic (exact) mass is 526 g/mol. The van der Waals surface area contributed by atoms with Gasteiger partial charge in [-0.1, -0.05) is 6.42 Å². The third-order valence-electron chi connectivity index (χ3n) is 6.33. The average molecular weight is 527 g/mol. The van der Waals surface area contributed by atoms with Gasteiger partial charge in [0.2, 0.25) is 5.91 Å². The van der Waals surface area contributed by atoms with Crippen LogP contribution in [-0.2, 0) is 16.1 Å². The standard InChI is InChI=1S/C24H37F3N8O2/c1-19-21(17-35(32-19)11-10-33-12-14-37-15-13-33)30-16-20(24(25,26)27)23(31-18-28)29-7-5-9-34-8-4-2-3-6-22(34)36/h16-18,29H,2-15H2,1H3,(H2,28,31)/b23-20+,30-16-. The number of hydrogen-bond donors (Lipinski definition) is 2. The molecule has 0 atom stereocenters. The van der Waals surface area contributed by atoms with Crippen molar-refractivity contribution in [2.24, 2.45) is 15.7 Å². The number of nitrogens with zero attached hydrogens (tertiary/aromatic N) is 6. The van der Waals surface area contributed by atoms with Gasteiger partial charge in [-0.05, 0) is 26.2 Å². The molecule has 0 radical (unpaired) electrons. The van der Waals surface area contributed by atoms with Crippen LogP contribution >= 0.6 is 0 Å². The molecule has 3 N–H and O–H groups in total. The van der Waals surface area contributed by atoms with Crippen molar-refractivity contribution in [1.82, 2.24) is 24.9 Å². The van der Waals surface area contributed by atoms with Gasteiger partial charge in [0, 0.05) is 51.9 Å². The fraction of sp³-hybridized carbons (Fsp3) is 0.667. The quantitative estimate of drug-likeness (QED) is 0.260. The number of morpholine rings is 1. The first-order chi connectivity index (χ1) is 17.8. The van der Waals surface area contributed by atoms with Crippen LogP contribution in [0.3, 0.4) is 0 Å². The Morgan fingerprint density at radius 2 is 1.97 bits per heavy atom. The Hall–Kier alpha value is -2.93. The van der Waals surface area contributed by atoms with Crippen LogP contribution in [0.15, 0.2) is 27.6 Å². The number of carbonyl (C=O) groups is 1.